The molecule has 0 bridgehead atoms. The van der Waals surface area contributed by atoms with Crippen molar-refractivity contribution >= 4 is 23.9 Å². The fourth-order valence-corrected chi connectivity index (χ4v) is 4.62. The Morgan fingerprint density at radius 3 is 2.35 bits per heavy atom. The van der Waals surface area contributed by atoms with E-state index in [1.807, 2.05) is 35.6 Å². The van der Waals surface area contributed by atoms with E-state index >= 15 is 0 Å². The molecule has 17 heavy (non-hydrogen) atoms. The van der Waals surface area contributed by atoms with Crippen molar-refractivity contribution in [2.45, 2.75) is 19.6 Å². The second kappa shape index (κ2) is 4.48. The molecule has 0 saturated heterocycles. The summed E-state index contributed by atoms with van der Waals surface area (Å²) in [7, 11) is -1.24. The van der Waals surface area contributed by atoms with E-state index in [2.05, 4.69) is 37.8 Å². The SMILES string of the molecule is C[Si](C)(C)c1ccc(-c2ccccc2C#N)s1. The molecule has 1 nitrogen and oxygen atoms in total. The highest BCUT2D eigenvalue weighted by Crippen LogP contribution is 2.27. The lowest BCUT2D eigenvalue weighted by Crippen LogP contribution is -2.34. The summed E-state index contributed by atoms with van der Waals surface area (Å²) in [6.07, 6.45) is 0. The van der Waals surface area contributed by atoms with E-state index in [1.165, 1.54) is 9.38 Å². The third-order valence-corrected chi connectivity index (χ3v) is 7.38. The summed E-state index contributed by atoms with van der Waals surface area (Å²) in [6, 6.07) is 14.4. The number of nitriles is 1. The summed E-state index contributed by atoms with van der Waals surface area (Å²) < 4.78 is 1.49. The Morgan fingerprint density at radius 2 is 1.76 bits per heavy atom. The minimum absolute atomic E-state index is 0.761. The van der Waals surface area contributed by atoms with Gasteiger partial charge in [0.1, 0.15) is 0 Å². The van der Waals surface area contributed by atoms with E-state index in [4.69, 9.17) is 5.26 Å². The predicted octanol–water partition coefficient (Wildman–Crippen LogP) is 3.83. The summed E-state index contributed by atoms with van der Waals surface area (Å²) in [5, 5.41) is 9.11. The molecular weight excluding hydrogens is 242 g/mol. The summed E-state index contributed by atoms with van der Waals surface area (Å²) >= 11 is 1.83. The number of rotatable bonds is 2. The van der Waals surface area contributed by atoms with Crippen molar-refractivity contribution in [2.24, 2.45) is 0 Å². The number of hydrogen-bond donors (Lipinski definition) is 0. The standard InChI is InChI=1S/C14H15NSSi/c1-17(2,3)14-9-8-13(16-14)12-7-5-4-6-11(12)10-15/h4-9H,1-3H3. The van der Waals surface area contributed by atoms with E-state index in [-0.39, 0.29) is 0 Å². The van der Waals surface area contributed by atoms with E-state index in [0.717, 1.165) is 11.1 Å². The molecule has 2 rings (SSSR count). The van der Waals surface area contributed by atoms with E-state index < -0.39 is 8.07 Å². The largest absolute Gasteiger partial charge is 0.192 e. The molecule has 2 aromatic rings. The Hall–Kier alpha value is -1.37. The second-order valence-electron chi connectivity index (χ2n) is 5.07. The monoisotopic (exact) mass is 257 g/mol. The van der Waals surface area contributed by atoms with Crippen LogP contribution in [-0.4, -0.2) is 8.07 Å². The van der Waals surface area contributed by atoms with Gasteiger partial charge in [0.2, 0.25) is 0 Å². The molecule has 0 aliphatic rings. The molecule has 1 aromatic carbocycles. The molecule has 0 aliphatic carbocycles. The van der Waals surface area contributed by atoms with Gasteiger partial charge in [-0.3, -0.25) is 0 Å². The molecule has 3 heteroatoms. The van der Waals surface area contributed by atoms with Crippen LogP contribution >= 0.6 is 11.3 Å². The molecule has 0 atom stereocenters. The van der Waals surface area contributed by atoms with Crippen LogP contribution in [0.1, 0.15) is 5.56 Å². The van der Waals surface area contributed by atoms with Crippen LogP contribution < -0.4 is 4.50 Å². The van der Waals surface area contributed by atoms with Gasteiger partial charge >= 0.3 is 0 Å². The van der Waals surface area contributed by atoms with Gasteiger partial charge in [0.25, 0.3) is 0 Å². The van der Waals surface area contributed by atoms with Crippen LogP contribution in [0.15, 0.2) is 36.4 Å². The van der Waals surface area contributed by atoms with Crippen molar-refractivity contribution in [3.8, 4) is 16.5 Å². The molecule has 0 unspecified atom stereocenters. The maximum absolute atomic E-state index is 9.11. The van der Waals surface area contributed by atoms with Gasteiger partial charge in [-0.1, -0.05) is 43.9 Å². The zero-order valence-electron chi connectivity index (χ0n) is 10.3. The Kier molecular flexibility index (Phi) is 3.19. The van der Waals surface area contributed by atoms with Crippen LogP contribution in [0.3, 0.4) is 0 Å². The topological polar surface area (TPSA) is 23.8 Å². The smallest absolute Gasteiger partial charge is 0.0998 e. The van der Waals surface area contributed by atoms with Crippen LogP contribution in [0.4, 0.5) is 0 Å². The minimum Gasteiger partial charge on any atom is -0.192 e. The third-order valence-electron chi connectivity index (χ3n) is 2.66. The second-order valence-corrected chi connectivity index (χ2v) is 11.6. The Bertz CT molecular complexity index is 572. The number of thiophene rings is 1. The highest BCUT2D eigenvalue weighted by Gasteiger charge is 2.19. The fourth-order valence-electron chi connectivity index (χ4n) is 1.68. The molecule has 0 saturated carbocycles. The summed E-state index contributed by atoms with van der Waals surface area (Å²) in [6.45, 7) is 7.04. The van der Waals surface area contributed by atoms with Gasteiger partial charge in [-0.25, -0.2) is 0 Å². The van der Waals surface area contributed by atoms with Gasteiger partial charge in [0, 0.05) is 10.4 Å². The Labute approximate surface area is 107 Å². The lowest BCUT2D eigenvalue weighted by Gasteiger charge is -2.12. The molecule has 0 amide bonds. The zero-order chi connectivity index (χ0) is 12.5. The number of nitrogens with zero attached hydrogens (tertiary/aromatic N) is 1. The first-order valence-corrected chi connectivity index (χ1v) is 9.94. The normalized spacial score (nSPS) is 11.2. The van der Waals surface area contributed by atoms with Gasteiger partial charge in [0.15, 0.2) is 0 Å². The molecule has 86 valence electrons. The summed E-state index contributed by atoms with van der Waals surface area (Å²) in [5.41, 5.74) is 1.82. The maximum atomic E-state index is 9.11. The average molecular weight is 257 g/mol. The molecule has 0 radical (unpaired) electrons. The van der Waals surface area contributed by atoms with Crippen LogP contribution in [-0.2, 0) is 0 Å². The van der Waals surface area contributed by atoms with Gasteiger partial charge < -0.3 is 0 Å². The quantitative estimate of drug-likeness (QED) is 0.750. The Balaban J connectivity index is 2.49. The predicted molar refractivity (Wildman–Crippen MR) is 77.5 cm³/mol. The van der Waals surface area contributed by atoms with Gasteiger partial charge in [0.05, 0.1) is 19.7 Å². The lowest BCUT2D eigenvalue weighted by atomic mass is 10.1. The van der Waals surface area contributed by atoms with E-state index in [1.54, 1.807) is 0 Å². The number of hydrogen-bond acceptors (Lipinski definition) is 2. The van der Waals surface area contributed by atoms with Gasteiger partial charge in [-0.15, -0.1) is 11.3 Å². The lowest BCUT2D eigenvalue weighted by molar-refractivity contribution is 1.49. The first kappa shape index (κ1) is 12.1. The highest BCUT2D eigenvalue weighted by atomic mass is 32.1. The molecular formula is C14H15NSSi. The summed E-state index contributed by atoms with van der Waals surface area (Å²) in [5.74, 6) is 0. The van der Waals surface area contributed by atoms with Gasteiger partial charge in [-0.2, -0.15) is 5.26 Å². The van der Waals surface area contributed by atoms with Crippen LogP contribution in [0.25, 0.3) is 10.4 Å². The first-order valence-electron chi connectivity index (χ1n) is 5.62. The minimum atomic E-state index is -1.24. The van der Waals surface area contributed by atoms with E-state index in [0.29, 0.717) is 0 Å². The van der Waals surface area contributed by atoms with Crippen molar-refractivity contribution in [3.63, 3.8) is 0 Å². The van der Waals surface area contributed by atoms with Crippen molar-refractivity contribution < 1.29 is 0 Å². The van der Waals surface area contributed by atoms with E-state index in [9.17, 15) is 0 Å². The highest BCUT2D eigenvalue weighted by molar-refractivity contribution is 7.28. The molecule has 0 N–H and O–H groups in total. The number of benzene rings is 1. The average Bonchev–Trinajstić information content (AvgIpc) is 2.77. The van der Waals surface area contributed by atoms with Crippen molar-refractivity contribution in [3.05, 3.63) is 42.0 Å². The molecule has 0 aliphatic heterocycles. The third kappa shape index (κ3) is 2.49. The molecule has 0 fully saturated rings. The molecule has 1 aromatic heterocycles. The zero-order valence-corrected chi connectivity index (χ0v) is 12.1. The molecule has 1 heterocycles. The maximum Gasteiger partial charge on any atom is 0.0998 e. The first-order chi connectivity index (χ1) is 8.02. The van der Waals surface area contributed by atoms with Crippen LogP contribution in [0, 0.1) is 11.3 Å². The van der Waals surface area contributed by atoms with Crippen molar-refractivity contribution in [2.75, 3.05) is 0 Å². The van der Waals surface area contributed by atoms with Crippen LogP contribution in [0.2, 0.25) is 19.6 Å². The Morgan fingerprint density at radius 1 is 1.06 bits per heavy atom. The van der Waals surface area contributed by atoms with Gasteiger partial charge in [-0.05, 0) is 16.6 Å². The van der Waals surface area contributed by atoms with Crippen molar-refractivity contribution in [1.29, 1.82) is 5.26 Å². The summed E-state index contributed by atoms with van der Waals surface area (Å²) in [4.78, 5) is 1.21. The molecule has 0 spiro atoms. The fraction of sp³-hybridized carbons (Fsp3) is 0.214. The van der Waals surface area contributed by atoms with Crippen molar-refractivity contribution in [1.82, 2.24) is 0 Å². The van der Waals surface area contributed by atoms with Crippen LogP contribution in [0.5, 0.6) is 0 Å².